The van der Waals surface area contributed by atoms with Crippen LogP contribution in [0.25, 0.3) is 0 Å². The van der Waals surface area contributed by atoms with Gasteiger partial charge in [0, 0.05) is 0 Å². The first-order valence-corrected chi connectivity index (χ1v) is 7.78. The standard InChI is InChI=1S/C21H24O/c1-5-16(3)21(17(4)6-2,18-10-8-7-9-11-18)19-12-14-20(22)15-13-19/h7-15,22H,3-6H2,1-2H3. The second-order valence-electron chi connectivity index (χ2n) is 5.58. The Labute approximate surface area is 133 Å². The van der Waals surface area contributed by atoms with Gasteiger partial charge in [-0.1, -0.05) is 80.6 Å². The van der Waals surface area contributed by atoms with E-state index in [1.807, 2.05) is 18.2 Å². The lowest BCUT2D eigenvalue weighted by Crippen LogP contribution is -2.31. The zero-order chi connectivity index (χ0) is 16.2. The van der Waals surface area contributed by atoms with Crippen LogP contribution in [-0.4, -0.2) is 5.11 Å². The number of allylic oxidation sites excluding steroid dienone is 2. The molecule has 1 heteroatoms. The predicted molar refractivity (Wildman–Crippen MR) is 94.2 cm³/mol. The van der Waals surface area contributed by atoms with Gasteiger partial charge >= 0.3 is 0 Å². The summed E-state index contributed by atoms with van der Waals surface area (Å²) in [6.45, 7) is 13.0. The zero-order valence-electron chi connectivity index (χ0n) is 13.5. The molecule has 0 aliphatic heterocycles. The normalized spacial score (nSPS) is 11.2. The van der Waals surface area contributed by atoms with Crippen LogP contribution in [0.4, 0.5) is 0 Å². The van der Waals surface area contributed by atoms with Crippen molar-refractivity contribution in [3.05, 3.63) is 90.0 Å². The van der Waals surface area contributed by atoms with Gasteiger partial charge in [-0.15, -0.1) is 0 Å². The Kier molecular flexibility index (Phi) is 4.87. The minimum absolute atomic E-state index is 0.273. The van der Waals surface area contributed by atoms with Gasteiger partial charge in [0.2, 0.25) is 0 Å². The SMILES string of the molecule is C=C(CC)C(C(=C)CC)(c1ccccc1)c1ccc(O)cc1. The smallest absolute Gasteiger partial charge is 0.115 e. The topological polar surface area (TPSA) is 20.2 Å². The molecule has 0 saturated heterocycles. The molecule has 0 radical (unpaired) electrons. The molecule has 0 unspecified atom stereocenters. The summed E-state index contributed by atoms with van der Waals surface area (Å²) in [5, 5.41) is 9.64. The lowest BCUT2D eigenvalue weighted by atomic mass is 9.64. The third-order valence-corrected chi connectivity index (χ3v) is 4.42. The van der Waals surface area contributed by atoms with Gasteiger partial charge < -0.3 is 5.11 Å². The summed E-state index contributed by atoms with van der Waals surface area (Å²) in [5.74, 6) is 0.273. The van der Waals surface area contributed by atoms with E-state index < -0.39 is 5.41 Å². The second-order valence-corrected chi connectivity index (χ2v) is 5.58. The maximum Gasteiger partial charge on any atom is 0.115 e. The van der Waals surface area contributed by atoms with Crippen LogP contribution in [0.2, 0.25) is 0 Å². The Morgan fingerprint density at radius 1 is 0.818 bits per heavy atom. The van der Waals surface area contributed by atoms with Gasteiger partial charge in [0.25, 0.3) is 0 Å². The summed E-state index contributed by atoms with van der Waals surface area (Å²) in [4.78, 5) is 0. The fraction of sp³-hybridized carbons (Fsp3) is 0.238. The molecule has 114 valence electrons. The van der Waals surface area contributed by atoms with E-state index in [0.717, 1.165) is 29.6 Å². The van der Waals surface area contributed by atoms with Crippen molar-refractivity contribution in [2.45, 2.75) is 32.1 Å². The number of aromatic hydroxyl groups is 1. The van der Waals surface area contributed by atoms with E-state index in [1.165, 1.54) is 5.56 Å². The highest BCUT2D eigenvalue weighted by Crippen LogP contribution is 2.46. The minimum atomic E-state index is -0.404. The molecule has 0 saturated carbocycles. The molecule has 0 aliphatic carbocycles. The number of phenols is 1. The van der Waals surface area contributed by atoms with Crippen LogP contribution in [0, 0.1) is 0 Å². The van der Waals surface area contributed by atoms with Crippen molar-refractivity contribution >= 4 is 0 Å². The van der Waals surface area contributed by atoms with Crippen LogP contribution < -0.4 is 0 Å². The minimum Gasteiger partial charge on any atom is -0.508 e. The third kappa shape index (κ3) is 2.59. The lowest BCUT2D eigenvalue weighted by molar-refractivity contribution is 0.474. The van der Waals surface area contributed by atoms with Crippen molar-refractivity contribution in [2.75, 3.05) is 0 Å². The molecule has 2 rings (SSSR count). The van der Waals surface area contributed by atoms with Crippen LogP contribution in [-0.2, 0) is 5.41 Å². The van der Waals surface area contributed by atoms with E-state index in [9.17, 15) is 5.11 Å². The van der Waals surface area contributed by atoms with Gasteiger partial charge in [-0.3, -0.25) is 0 Å². The summed E-state index contributed by atoms with van der Waals surface area (Å²) < 4.78 is 0. The Morgan fingerprint density at radius 3 is 1.73 bits per heavy atom. The van der Waals surface area contributed by atoms with Crippen molar-refractivity contribution in [3.8, 4) is 5.75 Å². The molecule has 0 atom stereocenters. The number of phenolic OH excluding ortho intramolecular Hbond substituents is 1. The summed E-state index contributed by atoms with van der Waals surface area (Å²) in [7, 11) is 0. The maximum absolute atomic E-state index is 9.64. The van der Waals surface area contributed by atoms with Crippen molar-refractivity contribution in [2.24, 2.45) is 0 Å². The molecule has 2 aromatic carbocycles. The van der Waals surface area contributed by atoms with Gasteiger partial charge in [-0.25, -0.2) is 0 Å². The van der Waals surface area contributed by atoms with Crippen LogP contribution in [0.15, 0.2) is 78.9 Å². The first-order valence-electron chi connectivity index (χ1n) is 7.78. The van der Waals surface area contributed by atoms with Crippen molar-refractivity contribution in [1.82, 2.24) is 0 Å². The Morgan fingerprint density at radius 2 is 1.27 bits per heavy atom. The highest BCUT2D eigenvalue weighted by atomic mass is 16.3. The van der Waals surface area contributed by atoms with E-state index >= 15 is 0 Å². The van der Waals surface area contributed by atoms with E-state index in [-0.39, 0.29) is 5.75 Å². The van der Waals surface area contributed by atoms with Gasteiger partial charge in [0.05, 0.1) is 5.41 Å². The molecular weight excluding hydrogens is 268 g/mol. The number of hydrogen-bond acceptors (Lipinski definition) is 1. The van der Waals surface area contributed by atoms with E-state index in [0.29, 0.717) is 0 Å². The monoisotopic (exact) mass is 292 g/mol. The first-order chi connectivity index (χ1) is 10.6. The molecule has 0 bridgehead atoms. The van der Waals surface area contributed by atoms with Gasteiger partial charge in [0.1, 0.15) is 5.75 Å². The quantitative estimate of drug-likeness (QED) is 0.686. The molecule has 0 aliphatic rings. The molecule has 1 N–H and O–H groups in total. The predicted octanol–water partition coefficient (Wildman–Crippen LogP) is 5.61. The van der Waals surface area contributed by atoms with Crippen LogP contribution in [0.5, 0.6) is 5.75 Å². The van der Waals surface area contributed by atoms with Gasteiger partial charge in [-0.05, 0) is 36.1 Å². The first kappa shape index (κ1) is 16.1. The highest BCUT2D eigenvalue weighted by Gasteiger charge is 2.38. The van der Waals surface area contributed by atoms with Crippen LogP contribution in [0.3, 0.4) is 0 Å². The van der Waals surface area contributed by atoms with E-state index in [1.54, 1.807) is 12.1 Å². The van der Waals surface area contributed by atoms with Crippen LogP contribution in [0.1, 0.15) is 37.8 Å². The van der Waals surface area contributed by atoms with Crippen molar-refractivity contribution < 1.29 is 5.11 Å². The van der Waals surface area contributed by atoms with E-state index in [4.69, 9.17) is 0 Å². The highest BCUT2D eigenvalue weighted by molar-refractivity contribution is 5.56. The fourth-order valence-electron chi connectivity index (χ4n) is 3.16. The van der Waals surface area contributed by atoms with Crippen molar-refractivity contribution in [1.29, 1.82) is 0 Å². The Balaban J connectivity index is 2.78. The number of rotatable bonds is 6. The Hall–Kier alpha value is -2.28. The lowest BCUT2D eigenvalue weighted by Gasteiger charge is -2.39. The molecule has 22 heavy (non-hydrogen) atoms. The summed E-state index contributed by atoms with van der Waals surface area (Å²) in [6.07, 6.45) is 1.74. The fourth-order valence-corrected chi connectivity index (χ4v) is 3.16. The molecule has 0 fully saturated rings. The largest absolute Gasteiger partial charge is 0.508 e. The number of hydrogen-bond donors (Lipinski definition) is 1. The maximum atomic E-state index is 9.64. The van der Waals surface area contributed by atoms with Gasteiger partial charge in [-0.2, -0.15) is 0 Å². The molecule has 1 nitrogen and oxygen atoms in total. The average molecular weight is 292 g/mol. The molecule has 0 spiro atoms. The summed E-state index contributed by atoms with van der Waals surface area (Å²) in [6, 6.07) is 17.8. The van der Waals surface area contributed by atoms with Crippen molar-refractivity contribution in [3.63, 3.8) is 0 Å². The molecule has 0 aromatic heterocycles. The zero-order valence-corrected chi connectivity index (χ0v) is 13.5. The molecule has 0 heterocycles. The number of benzene rings is 2. The van der Waals surface area contributed by atoms with Gasteiger partial charge in [0.15, 0.2) is 0 Å². The van der Waals surface area contributed by atoms with E-state index in [2.05, 4.69) is 51.3 Å². The third-order valence-electron chi connectivity index (χ3n) is 4.42. The summed E-state index contributed by atoms with van der Waals surface area (Å²) in [5.41, 5.74) is 4.13. The summed E-state index contributed by atoms with van der Waals surface area (Å²) >= 11 is 0. The average Bonchev–Trinajstić information content (AvgIpc) is 2.57. The van der Waals surface area contributed by atoms with Crippen LogP contribution >= 0.6 is 0 Å². The second kappa shape index (κ2) is 6.65. The molecule has 0 amide bonds. The Bertz CT molecular complexity index is 634. The molecular formula is C21H24O. The molecule has 2 aromatic rings.